The molecule has 0 aliphatic rings. The Morgan fingerprint density at radius 2 is 2.08 bits per heavy atom. The van der Waals surface area contributed by atoms with Gasteiger partial charge in [-0.15, -0.1) is 0 Å². The topological polar surface area (TPSA) is 29.5 Å². The van der Waals surface area contributed by atoms with Gasteiger partial charge in [-0.3, -0.25) is 0 Å². The highest BCUT2D eigenvalue weighted by atomic mass is 32.2. The Hall–Kier alpha value is 0.270. The zero-order valence-corrected chi connectivity index (χ0v) is 9.99. The molecule has 0 radical (unpaired) electrons. The molecule has 0 saturated heterocycles. The highest BCUT2D eigenvalue weighted by Gasteiger charge is 2.15. The van der Waals surface area contributed by atoms with Crippen LogP contribution < -0.4 is 0 Å². The second-order valence-corrected chi connectivity index (χ2v) is 5.23. The van der Waals surface area contributed by atoms with Crippen LogP contribution in [0.25, 0.3) is 0 Å². The highest BCUT2D eigenvalue weighted by molar-refractivity contribution is 7.99. The van der Waals surface area contributed by atoms with Crippen LogP contribution in [0.3, 0.4) is 0 Å². The van der Waals surface area contributed by atoms with Gasteiger partial charge >= 0.3 is 0 Å². The Morgan fingerprint density at radius 3 is 2.54 bits per heavy atom. The van der Waals surface area contributed by atoms with Crippen molar-refractivity contribution in [3.8, 4) is 0 Å². The van der Waals surface area contributed by atoms with Gasteiger partial charge in [0, 0.05) is 13.7 Å². The molecule has 0 amide bonds. The van der Waals surface area contributed by atoms with Gasteiger partial charge in [-0.2, -0.15) is 11.8 Å². The summed E-state index contributed by atoms with van der Waals surface area (Å²) in [6.45, 7) is 6.56. The fraction of sp³-hybridized carbons (Fsp3) is 1.00. The Bertz CT molecular complexity index is 126. The van der Waals surface area contributed by atoms with Crippen LogP contribution in [-0.4, -0.2) is 35.9 Å². The minimum Gasteiger partial charge on any atom is -0.396 e. The van der Waals surface area contributed by atoms with Gasteiger partial charge < -0.3 is 9.84 Å². The molecule has 0 aromatic heterocycles. The lowest BCUT2D eigenvalue weighted by Gasteiger charge is -2.22. The fourth-order valence-electron chi connectivity index (χ4n) is 0.757. The molecule has 0 aromatic carbocycles. The average molecular weight is 206 g/mol. The quantitative estimate of drug-likeness (QED) is 0.647. The van der Waals surface area contributed by atoms with Crippen molar-refractivity contribution in [1.82, 2.24) is 0 Å². The lowest BCUT2D eigenvalue weighted by Crippen LogP contribution is -2.23. The molecule has 13 heavy (non-hydrogen) atoms. The van der Waals surface area contributed by atoms with Crippen molar-refractivity contribution in [3.63, 3.8) is 0 Å². The first kappa shape index (κ1) is 13.3. The van der Waals surface area contributed by atoms with E-state index in [9.17, 15) is 0 Å². The molecule has 0 aromatic rings. The standard InChI is InChI=1S/C10H22O2S/c1-9(7-11)8-13-6-5-10(2,3)12-4/h9,11H,5-8H2,1-4H3. The van der Waals surface area contributed by atoms with E-state index in [1.165, 1.54) is 0 Å². The summed E-state index contributed by atoms with van der Waals surface area (Å²) in [7, 11) is 1.75. The van der Waals surface area contributed by atoms with Crippen molar-refractivity contribution in [2.75, 3.05) is 25.2 Å². The summed E-state index contributed by atoms with van der Waals surface area (Å²) in [5, 5.41) is 8.80. The van der Waals surface area contributed by atoms with Gasteiger partial charge in [-0.1, -0.05) is 6.92 Å². The van der Waals surface area contributed by atoms with E-state index in [-0.39, 0.29) is 5.60 Å². The van der Waals surface area contributed by atoms with E-state index in [1.54, 1.807) is 7.11 Å². The first-order valence-electron chi connectivity index (χ1n) is 4.75. The molecular formula is C10H22O2S. The van der Waals surface area contributed by atoms with Gasteiger partial charge in [0.05, 0.1) is 5.60 Å². The maximum atomic E-state index is 8.80. The number of aliphatic hydroxyl groups is 1. The molecule has 1 unspecified atom stereocenters. The van der Waals surface area contributed by atoms with Gasteiger partial charge in [0.25, 0.3) is 0 Å². The van der Waals surface area contributed by atoms with E-state index in [0.29, 0.717) is 12.5 Å². The van der Waals surface area contributed by atoms with Crippen molar-refractivity contribution in [3.05, 3.63) is 0 Å². The minimum atomic E-state index is -0.00451. The number of aliphatic hydroxyl groups excluding tert-OH is 1. The van der Waals surface area contributed by atoms with E-state index in [0.717, 1.165) is 17.9 Å². The SMILES string of the molecule is COC(C)(C)CCSCC(C)CO. The number of methoxy groups -OCH3 is 1. The molecule has 0 fully saturated rings. The Kier molecular flexibility index (Phi) is 6.82. The molecule has 3 heteroatoms. The third-order valence-corrected chi connectivity index (χ3v) is 3.41. The molecule has 1 atom stereocenters. The van der Waals surface area contributed by atoms with Gasteiger partial charge in [-0.25, -0.2) is 0 Å². The first-order chi connectivity index (χ1) is 6.02. The zero-order chi connectivity index (χ0) is 10.3. The largest absolute Gasteiger partial charge is 0.396 e. The van der Waals surface area contributed by atoms with Gasteiger partial charge in [0.15, 0.2) is 0 Å². The zero-order valence-electron chi connectivity index (χ0n) is 9.17. The lowest BCUT2D eigenvalue weighted by atomic mass is 10.1. The van der Waals surface area contributed by atoms with E-state index in [2.05, 4.69) is 20.8 Å². The first-order valence-corrected chi connectivity index (χ1v) is 5.91. The number of hydrogen-bond acceptors (Lipinski definition) is 3. The molecule has 2 nitrogen and oxygen atoms in total. The average Bonchev–Trinajstić information content (AvgIpc) is 2.12. The van der Waals surface area contributed by atoms with Crippen LogP contribution in [0.1, 0.15) is 27.2 Å². The van der Waals surface area contributed by atoms with Crippen molar-refractivity contribution >= 4 is 11.8 Å². The smallest absolute Gasteiger partial charge is 0.0630 e. The summed E-state index contributed by atoms with van der Waals surface area (Å²) in [6.07, 6.45) is 1.06. The van der Waals surface area contributed by atoms with Crippen molar-refractivity contribution in [1.29, 1.82) is 0 Å². The summed E-state index contributed by atoms with van der Waals surface area (Å²) in [5.74, 6) is 2.55. The van der Waals surface area contributed by atoms with Gasteiger partial charge in [0.2, 0.25) is 0 Å². The summed E-state index contributed by atoms with van der Waals surface area (Å²) in [4.78, 5) is 0. The molecule has 0 saturated carbocycles. The van der Waals surface area contributed by atoms with Crippen molar-refractivity contribution in [2.45, 2.75) is 32.8 Å². The third-order valence-electron chi connectivity index (χ3n) is 2.12. The number of hydrogen-bond donors (Lipinski definition) is 1. The van der Waals surface area contributed by atoms with Crippen LogP contribution in [0.15, 0.2) is 0 Å². The summed E-state index contributed by atoms with van der Waals surface area (Å²) < 4.78 is 5.31. The number of rotatable bonds is 7. The van der Waals surface area contributed by atoms with Crippen LogP contribution in [0.2, 0.25) is 0 Å². The van der Waals surface area contributed by atoms with Gasteiger partial charge in [0.1, 0.15) is 0 Å². The maximum Gasteiger partial charge on any atom is 0.0630 e. The fourth-order valence-corrected chi connectivity index (χ4v) is 2.07. The van der Waals surface area contributed by atoms with Crippen molar-refractivity contribution < 1.29 is 9.84 Å². The highest BCUT2D eigenvalue weighted by Crippen LogP contribution is 2.18. The second kappa shape index (κ2) is 6.68. The Labute approximate surface area is 86.1 Å². The molecular weight excluding hydrogens is 184 g/mol. The molecule has 0 aliphatic carbocycles. The number of thioether (sulfide) groups is 1. The summed E-state index contributed by atoms with van der Waals surface area (Å²) in [5.41, 5.74) is -0.00451. The minimum absolute atomic E-state index is 0.00451. The van der Waals surface area contributed by atoms with E-state index >= 15 is 0 Å². The normalized spacial score (nSPS) is 14.5. The number of ether oxygens (including phenoxy) is 1. The molecule has 0 spiro atoms. The Balaban J connectivity index is 3.35. The van der Waals surface area contributed by atoms with Crippen LogP contribution in [0.4, 0.5) is 0 Å². The molecule has 80 valence electrons. The van der Waals surface area contributed by atoms with Crippen LogP contribution in [0, 0.1) is 5.92 Å². The predicted molar refractivity (Wildman–Crippen MR) is 59.3 cm³/mol. The summed E-state index contributed by atoms with van der Waals surface area (Å²) >= 11 is 1.89. The molecule has 0 heterocycles. The lowest BCUT2D eigenvalue weighted by molar-refractivity contribution is 0.0206. The maximum absolute atomic E-state index is 8.80. The van der Waals surface area contributed by atoms with E-state index < -0.39 is 0 Å². The van der Waals surface area contributed by atoms with Crippen LogP contribution >= 0.6 is 11.8 Å². The molecule has 0 bridgehead atoms. The second-order valence-electron chi connectivity index (χ2n) is 4.08. The van der Waals surface area contributed by atoms with Crippen LogP contribution in [0.5, 0.6) is 0 Å². The summed E-state index contributed by atoms with van der Waals surface area (Å²) in [6, 6.07) is 0. The van der Waals surface area contributed by atoms with Crippen LogP contribution in [-0.2, 0) is 4.74 Å². The molecule has 1 N–H and O–H groups in total. The van der Waals surface area contributed by atoms with Gasteiger partial charge in [-0.05, 0) is 37.7 Å². The van der Waals surface area contributed by atoms with E-state index in [1.807, 2.05) is 11.8 Å². The third kappa shape index (κ3) is 7.35. The van der Waals surface area contributed by atoms with Crippen molar-refractivity contribution in [2.24, 2.45) is 5.92 Å². The monoisotopic (exact) mass is 206 g/mol. The predicted octanol–water partition coefficient (Wildman–Crippen LogP) is 2.16. The molecule has 0 rings (SSSR count). The Morgan fingerprint density at radius 1 is 1.46 bits per heavy atom. The van der Waals surface area contributed by atoms with E-state index in [4.69, 9.17) is 9.84 Å². The molecule has 0 aliphatic heterocycles.